The van der Waals surface area contributed by atoms with Gasteiger partial charge in [0.2, 0.25) is 5.91 Å². The van der Waals surface area contributed by atoms with Gasteiger partial charge in [-0.25, -0.2) is 14.6 Å². The molecular weight excluding hydrogens is 364 g/mol. The van der Waals surface area contributed by atoms with E-state index in [9.17, 15) is 9.59 Å². The molecule has 1 aromatic carbocycles. The van der Waals surface area contributed by atoms with Gasteiger partial charge >= 0.3 is 0 Å². The summed E-state index contributed by atoms with van der Waals surface area (Å²) in [6.07, 6.45) is 3.29. The molecule has 0 unspecified atom stereocenters. The number of nitrogens with one attached hydrogen (secondary N) is 1. The summed E-state index contributed by atoms with van der Waals surface area (Å²) in [5.41, 5.74) is 1.13. The van der Waals surface area contributed by atoms with Crippen LogP contribution in [0.4, 0.5) is 5.13 Å². The summed E-state index contributed by atoms with van der Waals surface area (Å²) in [6, 6.07) is 9.52. The minimum absolute atomic E-state index is 0.153. The van der Waals surface area contributed by atoms with Crippen LogP contribution in [0.2, 0.25) is 0 Å². The third-order valence-electron chi connectivity index (χ3n) is 4.12. The van der Waals surface area contributed by atoms with Gasteiger partial charge in [0.25, 0.3) is 5.56 Å². The van der Waals surface area contributed by atoms with Crippen molar-refractivity contribution in [3.8, 4) is 5.69 Å². The second-order valence-corrected chi connectivity index (χ2v) is 6.78. The van der Waals surface area contributed by atoms with Crippen LogP contribution < -0.4 is 10.9 Å². The highest BCUT2D eigenvalue weighted by Gasteiger charge is 2.15. The normalized spacial score (nSPS) is 11.0. The van der Waals surface area contributed by atoms with Crippen molar-refractivity contribution < 1.29 is 4.79 Å². The standard InChI is InChI=1S/C18H16N6O2S/c1-12-21-16-14(11-20-24(16)13-5-3-2-4-6-13)17(26)23(12)9-7-15(25)22-18-19-8-10-27-18/h2-6,8,10-11H,7,9H2,1H3,(H,19,22,25). The highest BCUT2D eigenvalue weighted by atomic mass is 32.1. The van der Waals surface area contributed by atoms with Crippen molar-refractivity contribution in [3.63, 3.8) is 0 Å². The highest BCUT2D eigenvalue weighted by Crippen LogP contribution is 2.15. The molecular formula is C18H16N6O2S. The Morgan fingerprint density at radius 3 is 2.81 bits per heavy atom. The number of aromatic nitrogens is 5. The van der Waals surface area contributed by atoms with Gasteiger partial charge in [-0.15, -0.1) is 11.3 Å². The van der Waals surface area contributed by atoms with Gasteiger partial charge in [-0.05, 0) is 19.1 Å². The van der Waals surface area contributed by atoms with Crippen LogP contribution in [0.25, 0.3) is 16.7 Å². The monoisotopic (exact) mass is 380 g/mol. The molecule has 0 aliphatic heterocycles. The topological polar surface area (TPSA) is 94.7 Å². The maximum absolute atomic E-state index is 12.9. The fourth-order valence-corrected chi connectivity index (χ4v) is 3.35. The number of fused-ring (bicyclic) bond motifs is 1. The first-order valence-electron chi connectivity index (χ1n) is 8.33. The van der Waals surface area contributed by atoms with Crippen molar-refractivity contribution in [2.75, 3.05) is 5.32 Å². The zero-order valence-electron chi connectivity index (χ0n) is 14.5. The number of amides is 1. The summed E-state index contributed by atoms with van der Waals surface area (Å²) in [6.45, 7) is 1.99. The number of aryl methyl sites for hydroxylation is 1. The zero-order chi connectivity index (χ0) is 18.8. The number of nitrogens with zero attached hydrogens (tertiary/aromatic N) is 5. The lowest BCUT2D eigenvalue weighted by atomic mass is 10.3. The minimum atomic E-state index is -0.207. The quantitative estimate of drug-likeness (QED) is 0.574. The number of carbonyl (C=O) groups excluding carboxylic acids is 1. The number of hydrogen-bond donors (Lipinski definition) is 1. The predicted octanol–water partition coefficient (Wildman–Crippen LogP) is 2.38. The van der Waals surface area contributed by atoms with Crippen LogP contribution in [0.1, 0.15) is 12.2 Å². The summed E-state index contributed by atoms with van der Waals surface area (Å²) in [7, 11) is 0. The number of carbonyl (C=O) groups is 1. The summed E-state index contributed by atoms with van der Waals surface area (Å²) >= 11 is 1.35. The van der Waals surface area contributed by atoms with Crippen molar-refractivity contribution in [1.82, 2.24) is 24.3 Å². The molecule has 8 nitrogen and oxygen atoms in total. The molecule has 1 amide bonds. The Labute approximate surface area is 158 Å². The van der Waals surface area contributed by atoms with Crippen molar-refractivity contribution >= 4 is 33.4 Å². The van der Waals surface area contributed by atoms with Crippen molar-refractivity contribution in [2.24, 2.45) is 0 Å². The fourth-order valence-electron chi connectivity index (χ4n) is 2.81. The van der Waals surface area contributed by atoms with Crippen LogP contribution in [-0.2, 0) is 11.3 Å². The number of hydrogen-bond acceptors (Lipinski definition) is 6. The number of anilines is 1. The van der Waals surface area contributed by atoms with Crippen LogP contribution in [0.5, 0.6) is 0 Å². The van der Waals surface area contributed by atoms with E-state index in [1.54, 1.807) is 23.2 Å². The molecule has 4 aromatic rings. The molecule has 0 radical (unpaired) electrons. The van der Waals surface area contributed by atoms with E-state index in [1.165, 1.54) is 22.1 Å². The van der Waals surface area contributed by atoms with E-state index in [2.05, 4.69) is 20.4 Å². The Hall–Kier alpha value is -3.33. The lowest BCUT2D eigenvalue weighted by molar-refractivity contribution is -0.116. The molecule has 0 aliphatic rings. The van der Waals surface area contributed by atoms with Crippen molar-refractivity contribution in [3.05, 3.63) is 64.3 Å². The molecule has 0 atom stereocenters. The van der Waals surface area contributed by atoms with Gasteiger partial charge in [0, 0.05) is 24.5 Å². The molecule has 0 saturated heterocycles. The van der Waals surface area contributed by atoms with Crippen molar-refractivity contribution in [1.29, 1.82) is 0 Å². The fraction of sp³-hybridized carbons (Fsp3) is 0.167. The van der Waals surface area contributed by atoms with E-state index < -0.39 is 0 Å². The van der Waals surface area contributed by atoms with Crippen LogP contribution in [0.15, 0.2) is 52.9 Å². The SMILES string of the molecule is Cc1nc2c(cnn2-c2ccccc2)c(=O)n1CCC(=O)Nc1nccs1. The first-order chi connectivity index (χ1) is 13.1. The van der Waals surface area contributed by atoms with Gasteiger partial charge in [-0.2, -0.15) is 5.10 Å². The van der Waals surface area contributed by atoms with Gasteiger partial charge in [-0.1, -0.05) is 18.2 Å². The van der Waals surface area contributed by atoms with E-state index in [1.807, 2.05) is 30.3 Å². The summed E-state index contributed by atoms with van der Waals surface area (Å²) in [5, 5.41) is 9.77. The van der Waals surface area contributed by atoms with Crippen LogP contribution in [-0.4, -0.2) is 30.2 Å². The molecule has 0 bridgehead atoms. The Kier molecular flexibility index (Phi) is 4.51. The Balaban J connectivity index is 1.61. The molecule has 0 spiro atoms. The molecule has 136 valence electrons. The van der Waals surface area contributed by atoms with Gasteiger partial charge < -0.3 is 5.32 Å². The van der Waals surface area contributed by atoms with E-state index in [-0.39, 0.29) is 24.4 Å². The lowest BCUT2D eigenvalue weighted by Crippen LogP contribution is -2.26. The van der Waals surface area contributed by atoms with Crippen LogP contribution in [0, 0.1) is 6.92 Å². The zero-order valence-corrected chi connectivity index (χ0v) is 15.3. The molecule has 27 heavy (non-hydrogen) atoms. The molecule has 0 saturated carbocycles. The number of para-hydroxylation sites is 1. The van der Waals surface area contributed by atoms with Gasteiger partial charge in [0.05, 0.1) is 11.9 Å². The smallest absolute Gasteiger partial charge is 0.264 e. The molecule has 3 heterocycles. The lowest BCUT2D eigenvalue weighted by Gasteiger charge is -2.10. The van der Waals surface area contributed by atoms with Crippen LogP contribution >= 0.6 is 11.3 Å². The van der Waals surface area contributed by atoms with E-state index in [0.717, 1.165) is 5.69 Å². The first-order valence-corrected chi connectivity index (χ1v) is 9.21. The van der Waals surface area contributed by atoms with Gasteiger partial charge in [0.15, 0.2) is 10.8 Å². The first kappa shape index (κ1) is 17.1. The Morgan fingerprint density at radius 2 is 2.07 bits per heavy atom. The Bertz CT molecular complexity index is 1150. The maximum Gasteiger partial charge on any atom is 0.264 e. The largest absolute Gasteiger partial charge is 0.302 e. The van der Waals surface area contributed by atoms with E-state index >= 15 is 0 Å². The third kappa shape index (κ3) is 3.36. The van der Waals surface area contributed by atoms with Crippen molar-refractivity contribution in [2.45, 2.75) is 19.9 Å². The molecule has 3 aromatic heterocycles. The molecule has 1 N–H and O–H groups in total. The van der Waals surface area contributed by atoms with Crippen LogP contribution in [0.3, 0.4) is 0 Å². The molecule has 0 fully saturated rings. The summed E-state index contributed by atoms with van der Waals surface area (Å²) in [5.74, 6) is 0.337. The molecule has 0 aliphatic carbocycles. The molecule has 9 heteroatoms. The number of thiazole rings is 1. The van der Waals surface area contributed by atoms with Gasteiger partial charge in [-0.3, -0.25) is 14.2 Å². The van der Waals surface area contributed by atoms with Gasteiger partial charge in [0.1, 0.15) is 11.2 Å². The average molecular weight is 380 g/mol. The summed E-state index contributed by atoms with van der Waals surface area (Å²) < 4.78 is 3.14. The highest BCUT2D eigenvalue weighted by molar-refractivity contribution is 7.13. The van der Waals surface area contributed by atoms with E-state index in [4.69, 9.17) is 0 Å². The number of rotatable bonds is 5. The minimum Gasteiger partial charge on any atom is -0.302 e. The molecule has 4 rings (SSSR count). The number of benzene rings is 1. The Morgan fingerprint density at radius 1 is 1.26 bits per heavy atom. The summed E-state index contributed by atoms with van der Waals surface area (Å²) in [4.78, 5) is 33.5. The van der Waals surface area contributed by atoms with E-state index in [0.29, 0.717) is 22.0 Å². The third-order valence-corrected chi connectivity index (χ3v) is 4.81. The maximum atomic E-state index is 12.9. The predicted molar refractivity (Wildman–Crippen MR) is 103 cm³/mol. The average Bonchev–Trinajstić information content (AvgIpc) is 3.32. The second kappa shape index (κ2) is 7.12. The second-order valence-electron chi connectivity index (χ2n) is 5.88.